The highest BCUT2D eigenvalue weighted by Crippen LogP contribution is 2.05. The Kier molecular flexibility index (Phi) is 4.09. The number of rotatable bonds is 4. The first-order valence-electron chi connectivity index (χ1n) is 5.94. The van der Waals surface area contributed by atoms with Gasteiger partial charge in [0, 0.05) is 6.54 Å². The summed E-state index contributed by atoms with van der Waals surface area (Å²) in [5.74, 6) is -0.0607. The predicted octanol–water partition coefficient (Wildman–Crippen LogP) is 0.830. The van der Waals surface area contributed by atoms with E-state index in [0.717, 1.165) is 5.56 Å². The van der Waals surface area contributed by atoms with Crippen LogP contribution >= 0.6 is 0 Å². The van der Waals surface area contributed by atoms with E-state index >= 15 is 0 Å². The monoisotopic (exact) mass is 274 g/mol. The van der Waals surface area contributed by atoms with Crippen molar-refractivity contribution in [2.45, 2.75) is 13.5 Å². The predicted molar refractivity (Wildman–Crippen MR) is 70.1 cm³/mol. The first kappa shape index (κ1) is 13.7. The zero-order chi connectivity index (χ0) is 14.5. The molecule has 0 saturated carbocycles. The zero-order valence-corrected chi connectivity index (χ0v) is 11.1. The molecule has 0 bridgehead atoms. The number of nitrogens with zero attached hydrogens (tertiary/aromatic N) is 2. The number of aryl methyl sites for hydroxylation is 1. The van der Waals surface area contributed by atoms with E-state index in [1.165, 1.54) is 7.11 Å². The smallest absolute Gasteiger partial charge is 0.337 e. The van der Waals surface area contributed by atoms with Crippen LogP contribution in [0.25, 0.3) is 0 Å². The molecule has 104 valence electrons. The number of esters is 1. The van der Waals surface area contributed by atoms with Gasteiger partial charge in [0.25, 0.3) is 5.91 Å². The van der Waals surface area contributed by atoms with Gasteiger partial charge in [-0.2, -0.15) is 0 Å². The van der Waals surface area contributed by atoms with Crippen LogP contribution in [0.4, 0.5) is 0 Å². The lowest BCUT2D eigenvalue weighted by atomic mass is 10.1. The lowest BCUT2D eigenvalue weighted by molar-refractivity contribution is 0.0600. The van der Waals surface area contributed by atoms with Crippen LogP contribution in [-0.2, 0) is 11.3 Å². The van der Waals surface area contributed by atoms with Crippen molar-refractivity contribution in [1.29, 1.82) is 0 Å². The summed E-state index contributed by atoms with van der Waals surface area (Å²) in [5.41, 5.74) is 1.32. The number of H-pyrrole nitrogens is 1. The Hall–Kier alpha value is -2.70. The van der Waals surface area contributed by atoms with Crippen molar-refractivity contribution in [3.8, 4) is 0 Å². The summed E-state index contributed by atoms with van der Waals surface area (Å²) in [6.07, 6.45) is 0. The molecule has 0 atom stereocenters. The van der Waals surface area contributed by atoms with E-state index in [2.05, 4.69) is 25.2 Å². The van der Waals surface area contributed by atoms with Gasteiger partial charge in [-0.05, 0) is 24.6 Å². The highest BCUT2D eigenvalue weighted by molar-refractivity contribution is 5.90. The maximum Gasteiger partial charge on any atom is 0.337 e. The highest BCUT2D eigenvalue weighted by atomic mass is 16.5. The van der Waals surface area contributed by atoms with E-state index in [0.29, 0.717) is 17.9 Å². The summed E-state index contributed by atoms with van der Waals surface area (Å²) in [5, 5.41) is 9.06. The van der Waals surface area contributed by atoms with Crippen LogP contribution in [0.3, 0.4) is 0 Å². The molecule has 1 amide bonds. The van der Waals surface area contributed by atoms with Crippen molar-refractivity contribution in [2.75, 3.05) is 7.11 Å². The van der Waals surface area contributed by atoms with Gasteiger partial charge in [0.1, 0.15) is 5.82 Å². The lowest BCUT2D eigenvalue weighted by Crippen LogP contribution is -2.24. The Bertz CT molecular complexity index is 619. The van der Waals surface area contributed by atoms with E-state index in [1.54, 1.807) is 31.2 Å². The fourth-order valence-electron chi connectivity index (χ4n) is 1.58. The molecule has 0 radical (unpaired) electrons. The van der Waals surface area contributed by atoms with E-state index < -0.39 is 5.97 Å². The summed E-state index contributed by atoms with van der Waals surface area (Å²) in [6.45, 7) is 2.04. The summed E-state index contributed by atoms with van der Waals surface area (Å²) >= 11 is 0. The molecule has 7 nitrogen and oxygen atoms in total. The van der Waals surface area contributed by atoms with E-state index in [4.69, 9.17) is 0 Å². The maximum absolute atomic E-state index is 11.7. The first-order chi connectivity index (χ1) is 9.60. The molecule has 0 fully saturated rings. The molecule has 0 aliphatic carbocycles. The van der Waals surface area contributed by atoms with Gasteiger partial charge < -0.3 is 10.1 Å². The Morgan fingerprint density at radius 2 is 2.00 bits per heavy atom. The van der Waals surface area contributed by atoms with E-state index in [-0.39, 0.29) is 11.7 Å². The van der Waals surface area contributed by atoms with Crippen molar-refractivity contribution in [1.82, 2.24) is 20.5 Å². The third-order valence-electron chi connectivity index (χ3n) is 2.63. The van der Waals surface area contributed by atoms with Gasteiger partial charge in [0.2, 0.25) is 5.82 Å². The number of amides is 1. The number of nitrogens with one attached hydrogen (secondary N) is 2. The number of carbonyl (C=O) groups excluding carboxylic acids is 2. The normalized spacial score (nSPS) is 10.1. The van der Waals surface area contributed by atoms with Gasteiger partial charge in [0.15, 0.2) is 0 Å². The van der Waals surface area contributed by atoms with E-state index in [1.807, 2.05) is 0 Å². The summed E-state index contributed by atoms with van der Waals surface area (Å²) in [4.78, 5) is 26.9. The minimum atomic E-state index is -0.392. The molecule has 1 heterocycles. The molecule has 2 aromatic rings. The molecule has 2 rings (SSSR count). The third kappa shape index (κ3) is 3.19. The van der Waals surface area contributed by atoms with Gasteiger partial charge in [-0.25, -0.2) is 9.78 Å². The second kappa shape index (κ2) is 5.96. The lowest BCUT2D eigenvalue weighted by Gasteiger charge is -2.04. The fraction of sp³-hybridized carbons (Fsp3) is 0.231. The second-order valence-electron chi connectivity index (χ2n) is 4.12. The molecule has 0 saturated heterocycles. The summed E-state index contributed by atoms with van der Waals surface area (Å²) in [7, 11) is 1.33. The number of hydrogen-bond acceptors (Lipinski definition) is 5. The number of aromatic nitrogens is 3. The minimum absolute atomic E-state index is 0.105. The van der Waals surface area contributed by atoms with Crippen LogP contribution < -0.4 is 5.32 Å². The van der Waals surface area contributed by atoms with Gasteiger partial charge in [-0.3, -0.25) is 9.89 Å². The van der Waals surface area contributed by atoms with Crippen LogP contribution in [0.15, 0.2) is 24.3 Å². The summed E-state index contributed by atoms with van der Waals surface area (Å²) < 4.78 is 4.61. The van der Waals surface area contributed by atoms with Crippen molar-refractivity contribution >= 4 is 11.9 Å². The molecule has 7 heteroatoms. The van der Waals surface area contributed by atoms with Crippen molar-refractivity contribution < 1.29 is 14.3 Å². The Labute approximate surface area is 115 Å². The van der Waals surface area contributed by atoms with E-state index in [9.17, 15) is 9.59 Å². The van der Waals surface area contributed by atoms with Gasteiger partial charge in [0.05, 0.1) is 12.7 Å². The number of carbonyl (C=O) groups is 2. The molecule has 0 spiro atoms. The Morgan fingerprint density at radius 1 is 1.30 bits per heavy atom. The van der Waals surface area contributed by atoms with Crippen molar-refractivity contribution in [2.24, 2.45) is 0 Å². The number of ether oxygens (including phenoxy) is 1. The topological polar surface area (TPSA) is 97.0 Å². The molecular weight excluding hydrogens is 260 g/mol. The molecular formula is C13H14N4O3. The van der Waals surface area contributed by atoms with Crippen LogP contribution in [0.5, 0.6) is 0 Å². The minimum Gasteiger partial charge on any atom is -0.465 e. The summed E-state index contributed by atoms with van der Waals surface area (Å²) in [6, 6.07) is 6.78. The Balaban J connectivity index is 1.94. The van der Waals surface area contributed by atoms with Gasteiger partial charge in [-0.15, -0.1) is 5.10 Å². The molecule has 1 aromatic carbocycles. The number of benzene rings is 1. The van der Waals surface area contributed by atoms with Crippen LogP contribution in [0.2, 0.25) is 0 Å². The molecule has 0 aliphatic heterocycles. The fourth-order valence-corrected chi connectivity index (χ4v) is 1.58. The van der Waals surface area contributed by atoms with Crippen LogP contribution in [-0.4, -0.2) is 34.2 Å². The first-order valence-corrected chi connectivity index (χ1v) is 5.94. The second-order valence-corrected chi connectivity index (χ2v) is 4.12. The Morgan fingerprint density at radius 3 is 2.55 bits per heavy atom. The van der Waals surface area contributed by atoms with Crippen LogP contribution in [0, 0.1) is 6.92 Å². The number of methoxy groups -OCH3 is 1. The molecule has 0 unspecified atom stereocenters. The third-order valence-corrected chi connectivity index (χ3v) is 2.63. The largest absolute Gasteiger partial charge is 0.465 e. The average molecular weight is 274 g/mol. The number of hydrogen-bond donors (Lipinski definition) is 2. The van der Waals surface area contributed by atoms with Crippen molar-refractivity contribution in [3.63, 3.8) is 0 Å². The highest BCUT2D eigenvalue weighted by Gasteiger charge is 2.10. The molecule has 20 heavy (non-hydrogen) atoms. The molecule has 1 aromatic heterocycles. The van der Waals surface area contributed by atoms with Gasteiger partial charge >= 0.3 is 5.97 Å². The SMILES string of the molecule is COC(=O)c1ccc(CNC(=O)c2n[nH]c(C)n2)cc1. The standard InChI is InChI=1S/C13H14N4O3/c1-8-15-11(17-16-8)12(18)14-7-9-3-5-10(6-4-9)13(19)20-2/h3-6H,7H2,1-2H3,(H,14,18)(H,15,16,17). The average Bonchev–Trinajstić information content (AvgIpc) is 2.91. The quantitative estimate of drug-likeness (QED) is 0.805. The maximum atomic E-state index is 11.7. The van der Waals surface area contributed by atoms with Gasteiger partial charge in [-0.1, -0.05) is 12.1 Å². The number of aromatic amines is 1. The zero-order valence-electron chi connectivity index (χ0n) is 11.1. The molecule has 0 aliphatic rings. The van der Waals surface area contributed by atoms with Crippen molar-refractivity contribution in [3.05, 3.63) is 47.0 Å². The molecule has 2 N–H and O–H groups in total. The van der Waals surface area contributed by atoms with Crippen LogP contribution in [0.1, 0.15) is 32.4 Å².